The second-order valence-corrected chi connectivity index (χ2v) is 4.50. The highest BCUT2D eigenvalue weighted by Gasteiger charge is 2.32. The van der Waals surface area contributed by atoms with Crippen molar-refractivity contribution in [3.05, 3.63) is 29.3 Å². The molecule has 0 aliphatic carbocycles. The molecule has 8 heteroatoms. The van der Waals surface area contributed by atoms with Crippen molar-refractivity contribution in [2.45, 2.75) is 6.04 Å². The molecule has 1 aliphatic heterocycles. The predicted octanol–water partition coefficient (Wildman–Crippen LogP) is 0.614. The molecule has 1 aliphatic rings. The fourth-order valence-electron chi connectivity index (χ4n) is 2.24. The Morgan fingerprint density at radius 3 is 2.71 bits per heavy atom. The first-order valence-electron chi connectivity index (χ1n) is 6.23. The summed E-state index contributed by atoms with van der Waals surface area (Å²) in [4.78, 5) is 23.7. The lowest BCUT2D eigenvalue weighted by molar-refractivity contribution is -0.138. The van der Waals surface area contributed by atoms with Gasteiger partial charge in [-0.05, 0) is 12.1 Å². The van der Waals surface area contributed by atoms with Crippen LogP contribution in [0.15, 0.2) is 12.1 Å². The smallest absolute Gasteiger partial charge is 0.340 e. The van der Waals surface area contributed by atoms with Crippen LogP contribution in [-0.2, 0) is 9.53 Å². The van der Waals surface area contributed by atoms with Crippen molar-refractivity contribution in [1.82, 2.24) is 5.32 Å². The third kappa shape index (κ3) is 2.80. The summed E-state index contributed by atoms with van der Waals surface area (Å²) in [5, 5.41) is 12.0. The van der Waals surface area contributed by atoms with Crippen LogP contribution in [0.25, 0.3) is 0 Å². The van der Waals surface area contributed by atoms with E-state index >= 15 is 0 Å². The van der Waals surface area contributed by atoms with E-state index in [2.05, 4.69) is 10.1 Å². The standard InChI is InChI=1S/C13H14F2N2O4/c1-21-13(20)7-2-3-8(11(15)10(7)14)17-5-4-16-6-9(17)12(18)19/h2-3,9,16H,4-6H2,1H3,(H,18,19). The molecule has 6 nitrogen and oxygen atoms in total. The monoisotopic (exact) mass is 300 g/mol. The van der Waals surface area contributed by atoms with Gasteiger partial charge in [0.25, 0.3) is 0 Å². The molecule has 1 atom stereocenters. The maximum Gasteiger partial charge on any atom is 0.340 e. The maximum atomic E-state index is 14.1. The Kier molecular flexibility index (Phi) is 4.37. The third-order valence-electron chi connectivity index (χ3n) is 3.31. The average molecular weight is 300 g/mol. The van der Waals surface area contributed by atoms with Gasteiger partial charge in [-0.2, -0.15) is 0 Å². The number of ether oxygens (including phenoxy) is 1. The number of hydrogen-bond acceptors (Lipinski definition) is 5. The predicted molar refractivity (Wildman–Crippen MR) is 69.3 cm³/mol. The van der Waals surface area contributed by atoms with Gasteiger partial charge in [-0.1, -0.05) is 0 Å². The summed E-state index contributed by atoms with van der Waals surface area (Å²) in [7, 11) is 1.06. The molecule has 1 aromatic carbocycles. The Labute approximate surface area is 119 Å². The molecule has 0 bridgehead atoms. The van der Waals surface area contributed by atoms with Crippen LogP contribution in [0.1, 0.15) is 10.4 Å². The van der Waals surface area contributed by atoms with Crippen molar-refractivity contribution < 1.29 is 28.2 Å². The largest absolute Gasteiger partial charge is 0.480 e. The highest BCUT2D eigenvalue weighted by Crippen LogP contribution is 2.27. The zero-order valence-corrected chi connectivity index (χ0v) is 11.2. The number of carboxylic acids is 1. The molecule has 1 fully saturated rings. The van der Waals surface area contributed by atoms with E-state index in [0.717, 1.165) is 13.2 Å². The second kappa shape index (κ2) is 6.04. The number of nitrogens with zero attached hydrogens (tertiary/aromatic N) is 1. The number of piperazine rings is 1. The zero-order chi connectivity index (χ0) is 15.6. The van der Waals surface area contributed by atoms with E-state index in [9.17, 15) is 18.4 Å². The number of rotatable bonds is 3. The lowest BCUT2D eigenvalue weighted by Gasteiger charge is -2.35. The van der Waals surface area contributed by atoms with Gasteiger partial charge in [0.1, 0.15) is 6.04 Å². The van der Waals surface area contributed by atoms with Crippen molar-refractivity contribution in [3.63, 3.8) is 0 Å². The Hall–Kier alpha value is -2.22. The molecule has 2 N–H and O–H groups in total. The molecule has 1 saturated heterocycles. The summed E-state index contributed by atoms with van der Waals surface area (Å²) in [5.41, 5.74) is -0.713. The second-order valence-electron chi connectivity index (χ2n) is 4.50. The molecule has 21 heavy (non-hydrogen) atoms. The summed E-state index contributed by atoms with van der Waals surface area (Å²) in [6.45, 7) is 0.781. The first-order chi connectivity index (χ1) is 9.97. The molecule has 1 heterocycles. The third-order valence-corrected chi connectivity index (χ3v) is 3.31. The van der Waals surface area contributed by atoms with Crippen LogP contribution in [0, 0.1) is 11.6 Å². The minimum atomic E-state index is -1.35. The Balaban J connectivity index is 2.42. The minimum Gasteiger partial charge on any atom is -0.480 e. The molecule has 1 unspecified atom stereocenters. The van der Waals surface area contributed by atoms with Gasteiger partial charge in [0.05, 0.1) is 18.4 Å². The number of hydrogen-bond donors (Lipinski definition) is 2. The first kappa shape index (κ1) is 15.2. The van der Waals surface area contributed by atoms with E-state index in [1.165, 1.54) is 11.0 Å². The summed E-state index contributed by atoms with van der Waals surface area (Å²) in [6.07, 6.45) is 0. The topological polar surface area (TPSA) is 78.9 Å². The van der Waals surface area contributed by atoms with E-state index < -0.39 is 35.2 Å². The number of aliphatic carboxylic acids is 1. The first-order valence-corrected chi connectivity index (χ1v) is 6.23. The highest BCUT2D eigenvalue weighted by molar-refractivity contribution is 5.90. The van der Waals surface area contributed by atoms with Gasteiger partial charge in [-0.15, -0.1) is 0 Å². The maximum absolute atomic E-state index is 14.1. The van der Waals surface area contributed by atoms with Crippen molar-refractivity contribution in [3.8, 4) is 0 Å². The van der Waals surface area contributed by atoms with Crippen LogP contribution in [0.3, 0.4) is 0 Å². The van der Waals surface area contributed by atoms with Gasteiger partial charge in [-0.25, -0.2) is 18.4 Å². The number of anilines is 1. The van der Waals surface area contributed by atoms with Crippen LogP contribution < -0.4 is 10.2 Å². The van der Waals surface area contributed by atoms with Gasteiger partial charge in [-0.3, -0.25) is 0 Å². The average Bonchev–Trinajstić information content (AvgIpc) is 2.49. The Bertz CT molecular complexity index is 580. The van der Waals surface area contributed by atoms with Crippen molar-refractivity contribution in [1.29, 1.82) is 0 Å². The van der Waals surface area contributed by atoms with Gasteiger partial charge < -0.3 is 20.1 Å². The summed E-state index contributed by atoms with van der Waals surface area (Å²) in [6, 6.07) is 1.27. The molecule has 114 valence electrons. The molecular weight excluding hydrogens is 286 g/mol. The van der Waals surface area contributed by atoms with Crippen LogP contribution >= 0.6 is 0 Å². The van der Waals surface area contributed by atoms with E-state index in [1.54, 1.807) is 0 Å². The molecule has 0 aromatic heterocycles. The summed E-state index contributed by atoms with van der Waals surface area (Å²) < 4.78 is 32.4. The van der Waals surface area contributed by atoms with Crippen molar-refractivity contribution in [2.24, 2.45) is 0 Å². The number of carboxylic acid groups (broad SMARTS) is 1. The number of esters is 1. The molecule has 0 spiro atoms. The van der Waals surface area contributed by atoms with Gasteiger partial charge in [0.2, 0.25) is 0 Å². The lowest BCUT2D eigenvalue weighted by Crippen LogP contribution is -2.55. The number of carbonyl (C=O) groups is 2. The number of nitrogens with one attached hydrogen (secondary N) is 1. The van der Waals surface area contributed by atoms with Crippen molar-refractivity contribution in [2.75, 3.05) is 31.6 Å². The fraction of sp³-hybridized carbons (Fsp3) is 0.385. The Morgan fingerprint density at radius 1 is 1.38 bits per heavy atom. The van der Waals surface area contributed by atoms with Gasteiger partial charge >= 0.3 is 11.9 Å². The number of carbonyl (C=O) groups excluding carboxylic acids is 1. The van der Waals surface area contributed by atoms with Crippen LogP contribution in [0.5, 0.6) is 0 Å². The molecule has 0 radical (unpaired) electrons. The van der Waals surface area contributed by atoms with E-state index in [0.29, 0.717) is 6.54 Å². The number of methoxy groups -OCH3 is 1. The molecule has 2 rings (SSSR count). The quantitative estimate of drug-likeness (QED) is 0.797. The van der Waals surface area contributed by atoms with E-state index in [1.807, 2.05) is 0 Å². The van der Waals surface area contributed by atoms with Crippen LogP contribution in [-0.4, -0.2) is 49.8 Å². The summed E-state index contributed by atoms with van der Waals surface area (Å²) in [5.74, 6) is -4.74. The normalized spacial score (nSPS) is 18.4. The van der Waals surface area contributed by atoms with Crippen LogP contribution in [0.4, 0.5) is 14.5 Å². The lowest BCUT2D eigenvalue weighted by atomic mass is 10.1. The summed E-state index contributed by atoms with van der Waals surface area (Å²) >= 11 is 0. The fourth-order valence-corrected chi connectivity index (χ4v) is 2.24. The minimum absolute atomic E-state index is 0.120. The van der Waals surface area contributed by atoms with Gasteiger partial charge in [0.15, 0.2) is 11.6 Å². The van der Waals surface area contributed by atoms with E-state index in [4.69, 9.17) is 5.11 Å². The highest BCUT2D eigenvalue weighted by atomic mass is 19.2. The van der Waals surface area contributed by atoms with E-state index in [-0.39, 0.29) is 18.8 Å². The molecule has 0 amide bonds. The Morgan fingerprint density at radius 2 is 2.10 bits per heavy atom. The zero-order valence-electron chi connectivity index (χ0n) is 11.2. The molecule has 0 saturated carbocycles. The number of halogens is 2. The SMILES string of the molecule is COC(=O)c1ccc(N2CCNCC2C(=O)O)c(F)c1F. The van der Waals surface area contributed by atoms with Gasteiger partial charge in [0, 0.05) is 19.6 Å². The molecule has 1 aromatic rings. The number of benzene rings is 1. The van der Waals surface area contributed by atoms with Crippen LogP contribution in [0.2, 0.25) is 0 Å². The van der Waals surface area contributed by atoms with Crippen molar-refractivity contribution >= 4 is 17.6 Å². The molecular formula is C13H14F2N2O4.